The van der Waals surface area contributed by atoms with Gasteiger partial charge in [-0.15, -0.1) is 0 Å². The summed E-state index contributed by atoms with van der Waals surface area (Å²) >= 11 is 11.9. The minimum Gasteiger partial charge on any atom is -0.337 e. The van der Waals surface area contributed by atoms with Gasteiger partial charge in [0.25, 0.3) is 0 Å². The van der Waals surface area contributed by atoms with Gasteiger partial charge in [0, 0.05) is 23.6 Å². The summed E-state index contributed by atoms with van der Waals surface area (Å²) in [5.74, 6) is 0.00462. The molecule has 1 saturated heterocycles. The smallest absolute Gasteiger partial charge is 0.249 e. The lowest BCUT2D eigenvalue weighted by Crippen LogP contribution is -2.27. The molecule has 1 fully saturated rings. The van der Waals surface area contributed by atoms with E-state index in [1.807, 2.05) is 18.2 Å². The fourth-order valence-electron chi connectivity index (χ4n) is 3.12. The third-order valence-corrected chi connectivity index (χ3v) is 5.21. The first-order chi connectivity index (χ1) is 13.0. The minimum atomic E-state index is -0.558. The third-order valence-electron chi connectivity index (χ3n) is 4.53. The number of hydrogen-bond donors (Lipinski definition) is 0. The maximum atomic E-state index is 13.7. The molecule has 3 aromatic rings. The van der Waals surface area contributed by atoms with Crippen molar-refractivity contribution < 1.29 is 13.7 Å². The highest BCUT2D eigenvalue weighted by molar-refractivity contribution is 6.31. The predicted octanol–water partition coefficient (Wildman–Crippen LogP) is 5.05. The van der Waals surface area contributed by atoms with Gasteiger partial charge in [-0.2, -0.15) is 4.98 Å². The van der Waals surface area contributed by atoms with Crippen LogP contribution in [0.15, 0.2) is 47.0 Å². The van der Waals surface area contributed by atoms with Crippen LogP contribution in [0.5, 0.6) is 0 Å². The summed E-state index contributed by atoms with van der Waals surface area (Å²) in [7, 11) is 0. The molecule has 0 bridgehead atoms. The molecule has 1 unspecified atom stereocenters. The van der Waals surface area contributed by atoms with Crippen LogP contribution in [-0.4, -0.2) is 20.9 Å². The Morgan fingerprint density at radius 3 is 2.78 bits per heavy atom. The molecule has 5 nitrogen and oxygen atoms in total. The highest BCUT2D eigenvalue weighted by Crippen LogP contribution is 2.35. The Bertz CT molecular complexity index is 1010. The fourth-order valence-corrected chi connectivity index (χ4v) is 3.43. The van der Waals surface area contributed by atoms with Gasteiger partial charge in [0.1, 0.15) is 11.9 Å². The van der Waals surface area contributed by atoms with Crippen LogP contribution in [0.2, 0.25) is 10.0 Å². The van der Waals surface area contributed by atoms with Crippen LogP contribution < -0.4 is 0 Å². The molecular formula is C19H14Cl2FN3O2. The number of amides is 1. The molecule has 1 aliphatic heterocycles. The van der Waals surface area contributed by atoms with E-state index in [2.05, 4.69) is 10.1 Å². The highest BCUT2D eigenvalue weighted by Gasteiger charge is 2.36. The van der Waals surface area contributed by atoms with E-state index in [0.717, 1.165) is 5.56 Å². The summed E-state index contributed by atoms with van der Waals surface area (Å²) in [6.45, 7) is 0.358. The van der Waals surface area contributed by atoms with Gasteiger partial charge in [-0.25, -0.2) is 4.39 Å². The topological polar surface area (TPSA) is 59.2 Å². The summed E-state index contributed by atoms with van der Waals surface area (Å²) in [5, 5.41) is 4.55. The van der Waals surface area contributed by atoms with Crippen LogP contribution in [0.1, 0.15) is 30.3 Å². The molecule has 1 amide bonds. The number of carbonyl (C=O) groups excluding carboxylic acids is 1. The monoisotopic (exact) mass is 405 g/mol. The number of likely N-dealkylation sites (tertiary alicyclic amines) is 1. The highest BCUT2D eigenvalue weighted by atomic mass is 35.5. The lowest BCUT2D eigenvalue weighted by Gasteiger charge is -2.22. The van der Waals surface area contributed by atoms with Crippen molar-refractivity contribution in [3.8, 4) is 11.4 Å². The number of halogens is 3. The first-order valence-electron chi connectivity index (χ1n) is 8.35. The van der Waals surface area contributed by atoms with E-state index in [4.69, 9.17) is 27.7 Å². The van der Waals surface area contributed by atoms with Crippen molar-refractivity contribution in [2.75, 3.05) is 0 Å². The van der Waals surface area contributed by atoms with E-state index in [0.29, 0.717) is 35.9 Å². The number of benzene rings is 2. The van der Waals surface area contributed by atoms with Crippen LogP contribution in [0, 0.1) is 5.82 Å². The molecule has 27 heavy (non-hydrogen) atoms. The van der Waals surface area contributed by atoms with E-state index >= 15 is 0 Å². The lowest BCUT2D eigenvalue weighted by atomic mass is 10.1. The molecule has 0 spiro atoms. The second-order valence-electron chi connectivity index (χ2n) is 6.25. The van der Waals surface area contributed by atoms with Crippen molar-refractivity contribution in [1.29, 1.82) is 0 Å². The molecule has 1 atom stereocenters. The first-order valence-corrected chi connectivity index (χ1v) is 9.10. The summed E-state index contributed by atoms with van der Waals surface area (Å²) in [6.07, 6.45) is 0.961. The zero-order chi connectivity index (χ0) is 19.0. The zero-order valence-corrected chi connectivity index (χ0v) is 15.5. The van der Waals surface area contributed by atoms with Crippen molar-refractivity contribution >= 4 is 29.1 Å². The second kappa shape index (κ2) is 7.29. The lowest BCUT2D eigenvalue weighted by molar-refractivity contribution is -0.129. The van der Waals surface area contributed by atoms with Crippen LogP contribution in [-0.2, 0) is 11.3 Å². The van der Waals surface area contributed by atoms with Gasteiger partial charge in [0.05, 0.1) is 5.02 Å². The van der Waals surface area contributed by atoms with E-state index < -0.39 is 5.82 Å². The molecule has 1 aliphatic rings. The molecule has 0 N–H and O–H groups in total. The first kappa shape index (κ1) is 17.9. The normalized spacial score (nSPS) is 16.9. The quantitative estimate of drug-likeness (QED) is 0.609. The number of aromatic nitrogens is 2. The number of hydrogen-bond acceptors (Lipinski definition) is 4. The number of rotatable bonds is 4. The second-order valence-corrected chi connectivity index (χ2v) is 7.07. The standard InChI is InChI=1S/C19H14Cl2FN3O2/c20-13-4-2-1-3-12(13)10-25-16(7-8-17(25)26)19-23-18(24-27-19)11-5-6-14(21)15(22)9-11/h1-6,9,16H,7-8,10H2. The molecule has 1 aromatic heterocycles. The van der Waals surface area contributed by atoms with Crippen LogP contribution in [0.3, 0.4) is 0 Å². The van der Waals surface area contributed by atoms with Gasteiger partial charge >= 0.3 is 0 Å². The maximum Gasteiger partial charge on any atom is 0.249 e. The molecule has 8 heteroatoms. The van der Waals surface area contributed by atoms with Crippen molar-refractivity contribution in [2.45, 2.75) is 25.4 Å². The number of nitrogens with zero attached hydrogens (tertiary/aromatic N) is 3. The fraction of sp³-hybridized carbons (Fsp3) is 0.211. The average molecular weight is 406 g/mol. The Labute approximate surface area is 164 Å². The van der Waals surface area contributed by atoms with Gasteiger partial charge < -0.3 is 9.42 Å². The van der Waals surface area contributed by atoms with Crippen molar-refractivity contribution in [2.24, 2.45) is 0 Å². The van der Waals surface area contributed by atoms with Gasteiger partial charge in [0.15, 0.2) is 0 Å². The maximum absolute atomic E-state index is 13.7. The zero-order valence-electron chi connectivity index (χ0n) is 14.0. The van der Waals surface area contributed by atoms with E-state index in [1.165, 1.54) is 12.1 Å². The molecule has 0 aliphatic carbocycles. The van der Waals surface area contributed by atoms with Crippen LogP contribution in [0.25, 0.3) is 11.4 Å². The van der Waals surface area contributed by atoms with Crippen LogP contribution >= 0.6 is 23.2 Å². The Hall–Kier alpha value is -2.44. The predicted molar refractivity (Wildman–Crippen MR) is 98.7 cm³/mol. The van der Waals surface area contributed by atoms with E-state index in [1.54, 1.807) is 17.0 Å². The summed E-state index contributed by atoms with van der Waals surface area (Å²) in [6, 6.07) is 11.3. The Morgan fingerprint density at radius 2 is 2.00 bits per heavy atom. The molecule has 2 heterocycles. The van der Waals surface area contributed by atoms with Crippen LogP contribution in [0.4, 0.5) is 4.39 Å². The Kier molecular flexibility index (Phi) is 4.85. The molecule has 0 radical (unpaired) electrons. The molecule has 2 aromatic carbocycles. The molecule has 138 valence electrons. The Balaban J connectivity index is 1.60. The third kappa shape index (κ3) is 3.55. The van der Waals surface area contributed by atoms with Gasteiger partial charge in [-0.1, -0.05) is 46.6 Å². The summed E-state index contributed by atoms with van der Waals surface area (Å²) in [5.41, 5.74) is 1.30. The van der Waals surface area contributed by atoms with Crippen molar-refractivity contribution in [3.05, 3.63) is 69.8 Å². The van der Waals surface area contributed by atoms with Crippen molar-refractivity contribution in [1.82, 2.24) is 15.0 Å². The minimum absolute atomic E-state index is 0.00259. The SMILES string of the molecule is O=C1CCC(c2nc(-c3ccc(Cl)c(F)c3)no2)N1Cc1ccccc1Cl. The number of carbonyl (C=O) groups is 1. The van der Waals surface area contributed by atoms with Crippen molar-refractivity contribution in [3.63, 3.8) is 0 Å². The Morgan fingerprint density at radius 1 is 1.19 bits per heavy atom. The van der Waals surface area contributed by atoms with Gasteiger partial charge in [-0.3, -0.25) is 4.79 Å². The van der Waals surface area contributed by atoms with Gasteiger partial charge in [-0.05, 0) is 36.2 Å². The van der Waals surface area contributed by atoms with E-state index in [-0.39, 0.29) is 22.8 Å². The molecular weight excluding hydrogens is 392 g/mol. The summed E-state index contributed by atoms with van der Waals surface area (Å²) in [4.78, 5) is 18.4. The molecule has 4 rings (SSSR count). The van der Waals surface area contributed by atoms with Gasteiger partial charge in [0.2, 0.25) is 17.6 Å². The average Bonchev–Trinajstić information content (AvgIpc) is 3.27. The van der Waals surface area contributed by atoms with E-state index in [9.17, 15) is 9.18 Å². The molecule has 0 saturated carbocycles. The largest absolute Gasteiger partial charge is 0.337 e. The summed E-state index contributed by atoms with van der Waals surface area (Å²) < 4.78 is 19.1.